The molecule has 0 bridgehead atoms. The van der Waals surface area contributed by atoms with E-state index < -0.39 is 12.2 Å². The molecule has 124 valence electrons. The van der Waals surface area contributed by atoms with Crippen molar-refractivity contribution in [3.63, 3.8) is 0 Å². The molecular weight excluding hydrogens is 314 g/mol. The van der Waals surface area contributed by atoms with Crippen molar-refractivity contribution in [1.82, 2.24) is 19.9 Å². The van der Waals surface area contributed by atoms with Gasteiger partial charge in [-0.05, 0) is 12.1 Å². The predicted molar refractivity (Wildman–Crippen MR) is 87.6 cm³/mol. The smallest absolute Gasteiger partial charge is 0.297 e. The number of hydrogen-bond acceptors (Lipinski definition) is 6. The first kappa shape index (κ1) is 16.0. The van der Waals surface area contributed by atoms with Gasteiger partial charge in [0.05, 0.1) is 5.52 Å². The van der Waals surface area contributed by atoms with E-state index in [1.165, 1.54) is 0 Å². The molecule has 0 amide bonds. The van der Waals surface area contributed by atoms with Crippen LogP contribution in [-0.4, -0.2) is 19.9 Å². The van der Waals surface area contributed by atoms with Crippen molar-refractivity contribution in [3.8, 4) is 0 Å². The quantitative estimate of drug-likeness (QED) is 0.747. The number of fused-ring (bicyclic) bond motifs is 1. The lowest BCUT2D eigenvalue weighted by Crippen LogP contribution is -2.10. The summed E-state index contributed by atoms with van der Waals surface area (Å²) in [6, 6.07) is 6.98. The van der Waals surface area contributed by atoms with Crippen LogP contribution in [-0.2, 0) is 13.0 Å². The van der Waals surface area contributed by atoms with E-state index >= 15 is 0 Å². The Labute approximate surface area is 137 Å². The van der Waals surface area contributed by atoms with Gasteiger partial charge in [-0.3, -0.25) is 0 Å². The van der Waals surface area contributed by atoms with E-state index in [9.17, 15) is 8.78 Å². The first-order chi connectivity index (χ1) is 11.6. The van der Waals surface area contributed by atoms with Crippen LogP contribution in [0.1, 0.15) is 30.6 Å². The Morgan fingerprint density at radius 3 is 2.67 bits per heavy atom. The van der Waals surface area contributed by atoms with Crippen LogP contribution in [0.2, 0.25) is 0 Å². The lowest BCUT2D eigenvalue weighted by atomic mass is 10.2. The van der Waals surface area contributed by atoms with Gasteiger partial charge >= 0.3 is 0 Å². The molecule has 3 rings (SSSR count). The van der Waals surface area contributed by atoms with Crippen LogP contribution in [0.3, 0.4) is 0 Å². The predicted octanol–water partition coefficient (Wildman–Crippen LogP) is 3.11. The van der Waals surface area contributed by atoms with Crippen LogP contribution in [0.5, 0.6) is 0 Å². The highest BCUT2D eigenvalue weighted by Crippen LogP contribution is 2.25. The summed E-state index contributed by atoms with van der Waals surface area (Å²) < 4.78 is 26.0. The van der Waals surface area contributed by atoms with Gasteiger partial charge in [-0.2, -0.15) is 0 Å². The number of anilines is 2. The zero-order valence-corrected chi connectivity index (χ0v) is 13.0. The highest BCUT2D eigenvalue weighted by molar-refractivity contribution is 5.89. The largest absolute Gasteiger partial charge is 0.383 e. The van der Waals surface area contributed by atoms with Gasteiger partial charge in [0.1, 0.15) is 17.5 Å². The van der Waals surface area contributed by atoms with E-state index in [0.29, 0.717) is 40.3 Å². The van der Waals surface area contributed by atoms with Gasteiger partial charge in [-0.15, -0.1) is 0 Å². The van der Waals surface area contributed by atoms with E-state index in [-0.39, 0.29) is 6.54 Å². The number of halogens is 2. The molecule has 0 atom stereocenters. The fourth-order valence-electron chi connectivity index (χ4n) is 2.27. The van der Waals surface area contributed by atoms with Gasteiger partial charge in [-0.1, -0.05) is 19.1 Å². The zero-order valence-electron chi connectivity index (χ0n) is 13.0. The fourth-order valence-corrected chi connectivity index (χ4v) is 2.27. The van der Waals surface area contributed by atoms with Crippen LogP contribution >= 0.6 is 0 Å². The highest BCUT2D eigenvalue weighted by atomic mass is 19.3. The second kappa shape index (κ2) is 6.69. The van der Waals surface area contributed by atoms with Gasteiger partial charge in [0.15, 0.2) is 5.82 Å². The van der Waals surface area contributed by atoms with Gasteiger partial charge in [0.2, 0.25) is 0 Å². The van der Waals surface area contributed by atoms with E-state index in [1.54, 1.807) is 30.5 Å². The minimum absolute atomic E-state index is 0.277. The zero-order chi connectivity index (χ0) is 17.1. The molecular formula is C16H16F2N6. The number of nitrogens with two attached hydrogens (primary N) is 1. The first-order valence-electron chi connectivity index (χ1n) is 7.47. The first-order valence-corrected chi connectivity index (χ1v) is 7.47. The summed E-state index contributed by atoms with van der Waals surface area (Å²) in [4.78, 5) is 16.2. The Hall–Kier alpha value is -2.90. The highest BCUT2D eigenvalue weighted by Gasteiger charge is 2.15. The minimum atomic E-state index is -2.74. The third-order valence-electron chi connectivity index (χ3n) is 3.53. The molecule has 0 aliphatic rings. The number of benzene rings is 1. The van der Waals surface area contributed by atoms with Crippen molar-refractivity contribution in [1.29, 1.82) is 0 Å². The molecule has 2 heterocycles. The number of nitrogens with one attached hydrogen (secondary N) is 1. The normalized spacial score (nSPS) is 11.2. The Morgan fingerprint density at radius 1 is 1.17 bits per heavy atom. The van der Waals surface area contributed by atoms with E-state index in [0.717, 1.165) is 0 Å². The molecule has 6 nitrogen and oxygen atoms in total. The van der Waals surface area contributed by atoms with Crippen molar-refractivity contribution in [3.05, 3.63) is 47.7 Å². The number of para-hydroxylation sites is 1. The van der Waals surface area contributed by atoms with Crippen LogP contribution in [0.25, 0.3) is 10.9 Å². The third-order valence-corrected chi connectivity index (χ3v) is 3.53. The molecule has 0 aliphatic heterocycles. The lowest BCUT2D eigenvalue weighted by Gasteiger charge is -2.11. The molecule has 24 heavy (non-hydrogen) atoms. The van der Waals surface area contributed by atoms with Gasteiger partial charge < -0.3 is 11.1 Å². The summed E-state index contributed by atoms with van der Waals surface area (Å²) in [6.45, 7) is 2.21. The van der Waals surface area contributed by atoms with Gasteiger partial charge in [0.25, 0.3) is 6.43 Å². The summed E-state index contributed by atoms with van der Waals surface area (Å²) in [7, 11) is 0. The second-order valence-corrected chi connectivity index (χ2v) is 5.15. The van der Waals surface area contributed by atoms with Gasteiger partial charge in [-0.25, -0.2) is 28.7 Å². The summed E-state index contributed by atoms with van der Waals surface area (Å²) in [5.41, 5.74) is 7.04. The SMILES string of the molecule is CCc1ncc(CNc2nc(C(F)F)nc3ccccc23)c(N)n1. The molecule has 2 aromatic heterocycles. The average molecular weight is 330 g/mol. The molecule has 0 spiro atoms. The number of aromatic nitrogens is 4. The van der Waals surface area contributed by atoms with Crippen LogP contribution in [0, 0.1) is 0 Å². The molecule has 8 heteroatoms. The summed E-state index contributed by atoms with van der Waals surface area (Å²) >= 11 is 0. The number of nitrogen functional groups attached to an aromatic ring is 1. The van der Waals surface area contributed by atoms with Crippen LogP contribution < -0.4 is 11.1 Å². The van der Waals surface area contributed by atoms with Crippen LogP contribution in [0.4, 0.5) is 20.4 Å². The molecule has 0 aliphatic carbocycles. The molecule has 0 radical (unpaired) electrons. The maximum absolute atomic E-state index is 13.0. The topological polar surface area (TPSA) is 89.6 Å². The van der Waals surface area contributed by atoms with Crippen molar-refractivity contribution >= 4 is 22.5 Å². The summed E-state index contributed by atoms with van der Waals surface area (Å²) in [6.07, 6.45) is -0.426. The molecule has 0 saturated heterocycles. The van der Waals surface area contributed by atoms with Crippen molar-refractivity contribution in [2.45, 2.75) is 26.3 Å². The fraction of sp³-hybridized carbons (Fsp3) is 0.250. The third kappa shape index (κ3) is 3.22. The molecule has 0 saturated carbocycles. The van der Waals surface area contributed by atoms with Crippen LogP contribution in [0.15, 0.2) is 30.5 Å². The van der Waals surface area contributed by atoms with Crippen molar-refractivity contribution < 1.29 is 8.78 Å². The van der Waals surface area contributed by atoms with Crippen molar-refractivity contribution in [2.24, 2.45) is 0 Å². The molecule has 1 aromatic carbocycles. The van der Waals surface area contributed by atoms with E-state index in [1.807, 2.05) is 6.92 Å². The van der Waals surface area contributed by atoms with E-state index in [4.69, 9.17) is 5.73 Å². The molecule has 0 fully saturated rings. The average Bonchev–Trinajstić information content (AvgIpc) is 2.60. The number of hydrogen-bond donors (Lipinski definition) is 2. The summed E-state index contributed by atoms with van der Waals surface area (Å²) in [5, 5.41) is 3.69. The monoisotopic (exact) mass is 330 g/mol. The Morgan fingerprint density at radius 2 is 1.96 bits per heavy atom. The number of aryl methyl sites for hydroxylation is 1. The maximum Gasteiger partial charge on any atom is 0.297 e. The lowest BCUT2D eigenvalue weighted by molar-refractivity contribution is 0.141. The number of rotatable bonds is 5. The van der Waals surface area contributed by atoms with Gasteiger partial charge in [0, 0.05) is 30.1 Å². The standard InChI is InChI=1S/C16H16F2N6/c1-2-12-20-7-9(14(19)23-12)8-21-15-10-5-3-4-6-11(10)22-16(24-15)13(17)18/h3-7,13H,2,8H2,1H3,(H2,19,20,23)(H,21,22,24). The minimum Gasteiger partial charge on any atom is -0.383 e. The maximum atomic E-state index is 13.0. The molecule has 3 aromatic rings. The van der Waals surface area contributed by atoms with E-state index in [2.05, 4.69) is 25.3 Å². The number of alkyl halides is 2. The Balaban J connectivity index is 1.92. The van der Waals surface area contributed by atoms with Crippen molar-refractivity contribution in [2.75, 3.05) is 11.1 Å². The number of nitrogens with zero attached hydrogens (tertiary/aromatic N) is 4. The Kier molecular flexibility index (Phi) is 4.45. The Bertz CT molecular complexity index is 868. The summed E-state index contributed by atoms with van der Waals surface area (Å²) in [5.74, 6) is 0.835. The molecule has 0 unspecified atom stereocenters. The molecule has 3 N–H and O–H groups in total. The second-order valence-electron chi connectivity index (χ2n) is 5.15.